The normalized spacial score (nSPS) is 25.5. The van der Waals surface area contributed by atoms with Crippen molar-refractivity contribution < 1.29 is 14.2 Å². The first-order chi connectivity index (χ1) is 11.5. The minimum atomic E-state index is -1.71. The highest BCUT2D eigenvalue weighted by Gasteiger charge is 2.50. The lowest BCUT2D eigenvalue weighted by Gasteiger charge is -2.48. The molecule has 0 bridgehead atoms. The van der Waals surface area contributed by atoms with Crippen LogP contribution in [0.15, 0.2) is 23.1 Å². The van der Waals surface area contributed by atoms with Gasteiger partial charge >= 0.3 is 0 Å². The van der Waals surface area contributed by atoms with Gasteiger partial charge in [-0.25, -0.2) is 0 Å². The summed E-state index contributed by atoms with van der Waals surface area (Å²) >= 11 is 0. The molecule has 1 aliphatic carbocycles. The Kier molecular flexibility index (Phi) is 6.25. The van der Waals surface area contributed by atoms with Crippen molar-refractivity contribution in [2.45, 2.75) is 70.5 Å². The van der Waals surface area contributed by atoms with E-state index in [0.717, 1.165) is 18.6 Å². The number of hydrogen-bond acceptors (Lipinski definition) is 4. The molecule has 0 radical (unpaired) electrons. The minimum Gasteiger partial charge on any atom is -0.494 e. The smallest absolute Gasteiger partial charge is 0.157 e. The van der Waals surface area contributed by atoms with Gasteiger partial charge in [0, 0.05) is 6.42 Å². The van der Waals surface area contributed by atoms with E-state index in [9.17, 15) is 0 Å². The average Bonchev–Trinajstić information content (AvgIpc) is 3.12. The van der Waals surface area contributed by atoms with Crippen molar-refractivity contribution in [3.63, 3.8) is 0 Å². The van der Waals surface area contributed by atoms with Crippen LogP contribution in [0.4, 0.5) is 0 Å². The third-order valence-electron chi connectivity index (χ3n) is 6.24. The van der Waals surface area contributed by atoms with E-state index in [1.807, 2.05) is 0 Å². The Morgan fingerprint density at radius 1 is 1.24 bits per heavy atom. The zero-order valence-electron chi connectivity index (χ0n) is 17.4. The van der Waals surface area contributed by atoms with Gasteiger partial charge in [-0.15, -0.1) is 0 Å². The lowest BCUT2D eigenvalue weighted by molar-refractivity contribution is -0.0522. The molecule has 1 fully saturated rings. The van der Waals surface area contributed by atoms with Crippen LogP contribution in [0, 0.1) is 0 Å². The molecule has 1 unspecified atom stereocenters. The van der Waals surface area contributed by atoms with E-state index in [1.54, 1.807) is 5.20 Å². The Morgan fingerprint density at radius 3 is 2.32 bits per heavy atom. The summed E-state index contributed by atoms with van der Waals surface area (Å²) in [6.45, 7) is 16.3. The second kappa shape index (κ2) is 7.55. The summed E-state index contributed by atoms with van der Waals surface area (Å²) in [5, 5.41) is 1.83. The van der Waals surface area contributed by atoms with Crippen LogP contribution in [0.5, 0.6) is 0 Å². The van der Waals surface area contributed by atoms with Crippen molar-refractivity contribution in [2.75, 3.05) is 33.9 Å². The fourth-order valence-corrected chi connectivity index (χ4v) is 6.52. The molecule has 0 aromatic rings. The van der Waals surface area contributed by atoms with E-state index in [-0.39, 0.29) is 16.9 Å². The summed E-state index contributed by atoms with van der Waals surface area (Å²) in [7, 11) is 2.65. The summed E-state index contributed by atoms with van der Waals surface area (Å²) in [6.07, 6.45) is 6.49. The summed E-state index contributed by atoms with van der Waals surface area (Å²) in [6, 6.07) is 0. The fraction of sp³-hybridized carbons (Fsp3) is 0.800. The Morgan fingerprint density at radius 2 is 1.84 bits per heavy atom. The molecule has 0 aromatic heterocycles. The molecule has 0 aromatic carbocycles. The van der Waals surface area contributed by atoms with Crippen molar-refractivity contribution >= 4 is 8.07 Å². The molecule has 0 amide bonds. The Labute approximate surface area is 155 Å². The summed E-state index contributed by atoms with van der Waals surface area (Å²) in [4.78, 5) is 2.36. The minimum absolute atomic E-state index is 0.0676. The van der Waals surface area contributed by atoms with Gasteiger partial charge < -0.3 is 14.2 Å². The van der Waals surface area contributed by atoms with Gasteiger partial charge in [-0.3, -0.25) is 4.90 Å². The van der Waals surface area contributed by atoms with E-state index in [4.69, 9.17) is 14.2 Å². The molecule has 1 heterocycles. The topological polar surface area (TPSA) is 30.9 Å². The molecule has 0 N–H and O–H groups in total. The van der Waals surface area contributed by atoms with Crippen LogP contribution in [-0.4, -0.2) is 58.7 Å². The van der Waals surface area contributed by atoms with Crippen molar-refractivity contribution in [2.24, 2.45) is 0 Å². The van der Waals surface area contributed by atoms with Gasteiger partial charge in [0.25, 0.3) is 0 Å². The van der Waals surface area contributed by atoms with E-state index in [0.29, 0.717) is 19.8 Å². The van der Waals surface area contributed by atoms with E-state index >= 15 is 0 Å². The molecule has 0 spiro atoms. The highest BCUT2D eigenvalue weighted by Crippen LogP contribution is 2.50. The molecule has 144 valence electrons. The zero-order chi connectivity index (χ0) is 18.9. The van der Waals surface area contributed by atoms with Crippen molar-refractivity contribution in [1.82, 2.24) is 4.90 Å². The molecule has 2 aliphatic rings. The Bertz CT molecular complexity index is 528. The molecular formula is C20H37NO3Si. The van der Waals surface area contributed by atoms with Crippen molar-refractivity contribution in [3.8, 4) is 0 Å². The summed E-state index contributed by atoms with van der Waals surface area (Å²) in [5.74, 6) is 1.02. The molecule has 1 saturated heterocycles. The van der Waals surface area contributed by atoms with E-state index in [2.05, 4.69) is 71.9 Å². The van der Waals surface area contributed by atoms with Crippen LogP contribution in [0.3, 0.4) is 0 Å². The molecule has 0 saturated carbocycles. The van der Waals surface area contributed by atoms with Crippen LogP contribution in [-0.2, 0) is 14.2 Å². The van der Waals surface area contributed by atoms with Gasteiger partial charge in [0.05, 0.1) is 33.4 Å². The van der Waals surface area contributed by atoms with Gasteiger partial charge in [-0.1, -0.05) is 39.1 Å². The fourth-order valence-electron chi connectivity index (χ4n) is 3.71. The van der Waals surface area contributed by atoms with E-state index < -0.39 is 8.07 Å². The first-order valence-corrected chi connectivity index (χ1v) is 12.5. The van der Waals surface area contributed by atoms with Gasteiger partial charge in [0.1, 0.15) is 5.76 Å². The maximum atomic E-state index is 5.94. The van der Waals surface area contributed by atoms with Gasteiger partial charge in [-0.05, 0) is 44.6 Å². The zero-order valence-corrected chi connectivity index (χ0v) is 18.4. The largest absolute Gasteiger partial charge is 0.494 e. The van der Waals surface area contributed by atoms with E-state index in [1.165, 1.54) is 0 Å². The monoisotopic (exact) mass is 367 g/mol. The maximum absolute atomic E-state index is 5.94. The highest BCUT2D eigenvalue weighted by molar-refractivity contribution is 6.87. The Balaban J connectivity index is 2.39. The first-order valence-electron chi connectivity index (χ1n) is 9.53. The number of hydrogen-bond donors (Lipinski definition) is 0. The molecule has 25 heavy (non-hydrogen) atoms. The van der Waals surface area contributed by atoms with Crippen LogP contribution in [0.25, 0.3) is 0 Å². The number of rotatable bonds is 7. The van der Waals surface area contributed by atoms with Crippen LogP contribution in [0.2, 0.25) is 18.1 Å². The number of nitrogens with zero attached hydrogens (tertiary/aromatic N) is 1. The summed E-state index contributed by atoms with van der Waals surface area (Å²) in [5.41, 5.74) is -0.108. The predicted molar refractivity (Wildman–Crippen MR) is 106 cm³/mol. The number of allylic oxidation sites excluding steroid dienone is 1. The first kappa shape index (κ1) is 20.7. The second-order valence-corrected chi connectivity index (χ2v) is 14.2. The lowest BCUT2D eigenvalue weighted by atomic mass is 9.93. The summed E-state index contributed by atoms with van der Waals surface area (Å²) < 4.78 is 17.3. The highest BCUT2D eigenvalue weighted by atomic mass is 28.3. The predicted octanol–water partition coefficient (Wildman–Crippen LogP) is 4.35. The Hall–Kier alpha value is -0.623. The molecule has 5 heteroatoms. The molecule has 1 atom stereocenters. The van der Waals surface area contributed by atoms with Gasteiger partial charge in [-0.2, -0.15) is 0 Å². The quantitative estimate of drug-likeness (QED) is 0.626. The molecular weight excluding hydrogens is 330 g/mol. The van der Waals surface area contributed by atoms with Crippen LogP contribution >= 0.6 is 0 Å². The standard InChI is InChI=1S/C20H37NO3Si/c1-9-22-16-14-17(25(7,8)19(2,3)4)20(15-16,21(5)6)11-10-18-23-12-13-24-18/h14-15,18H,9-13H2,1-8H3. The second-order valence-electron chi connectivity index (χ2n) is 8.94. The SMILES string of the molecule is CCOC1=CC(CCC2OCCO2)(N(C)C)C([Si](C)(C)C(C)(C)C)=C1. The third-order valence-corrected chi connectivity index (χ3v) is 11.9. The molecule has 1 aliphatic heterocycles. The van der Waals surface area contributed by atoms with Crippen molar-refractivity contribution in [1.29, 1.82) is 0 Å². The average molecular weight is 368 g/mol. The maximum Gasteiger partial charge on any atom is 0.157 e. The number of ether oxygens (including phenoxy) is 3. The van der Waals surface area contributed by atoms with Gasteiger partial charge in [0.2, 0.25) is 0 Å². The van der Waals surface area contributed by atoms with Gasteiger partial charge in [0.15, 0.2) is 6.29 Å². The van der Waals surface area contributed by atoms with Crippen molar-refractivity contribution in [3.05, 3.63) is 23.1 Å². The molecule has 2 rings (SSSR count). The number of likely N-dealkylation sites (N-methyl/N-ethyl adjacent to an activating group) is 1. The van der Waals surface area contributed by atoms with Crippen LogP contribution in [0.1, 0.15) is 40.5 Å². The molecule has 4 nitrogen and oxygen atoms in total. The third kappa shape index (κ3) is 4.05. The van der Waals surface area contributed by atoms with Crippen LogP contribution < -0.4 is 0 Å². The lowest BCUT2D eigenvalue weighted by Crippen LogP contribution is -2.54.